The van der Waals surface area contributed by atoms with Gasteiger partial charge in [-0.1, -0.05) is 24.3 Å². The van der Waals surface area contributed by atoms with Crippen LogP contribution in [0.3, 0.4) is 0 Å². The SMILES string of the molecule is COc1ccc2c(OC3CC4C(=O)NC5(C(=O)NS(=O)(=O)C6CC6)CC5/C=C\CCCCN(C)C(=O)N4C3)nc(-c3cccc(F)c3)nc2c1C. The first-order chi connectivity index (χ1) is 24.4. The molecule has 2 aromatic carbocycles. The number of allylic oxidation sites excluding steroid dienone is 1. The minimum Gasteiger partial charge on any atom is -0.496 e. The number of sulfonamides is 1. The highest BCUT2D eigenvalue weighted by Gasteiger charge is 2.62. The van der Waals surface area contributed by atoms with Gasteiger partial charge in [0, 0.05) is 37.1 Å². The molecule has 2 N–H and O–H groups in total. The van der Waals surface area contributed by atoms with Gasteiger partial charge in [0.2, 0.25) is 21.8 Å². The number of aromatic nitrogens is 2. The highest BCUT2D eigenvalue weighted by atomic mass is 32.2. The lowest BCUT2D eigenvalue weighted by Crippen LogP contribution is -2.57. The molecule has 1 saturated heterocycles. The number of carbonyl (C=O) groups excluding carboxylic acids is 3. The number of halogens is 1. The first kappa shape index (κ1) is 34.6. The van der Waals surface area contributed by atoms with Crippen molar-refractivity contribution in [2.45, 2.75) is 74.8 Å². The maximum Gasteiger partial charge on any atom is 0.320 e. The number of methoxy groups -OCH3 is 1. The molecule has 2 aliphatic heterocycles. The second-order valence-corrected chi connectivity index (χ2v) is 15.8. The van der Waals surface area contributed by atoms with E-state index in [4.69, 9.17) is 14.5 Å². The zero-order valence-electron chi connectivity index (χ0n) is 28.7. The van der Waals surface area contributed by atoms with E-state index in [0.29, 0.717) is 48.0 Å². The molecule has 0 spiro atoms. The molecule has 4 aliphatic rings. The predicted octanol–water partition coefficient (Wildman–Crippen LogP) is 3.85. The third kappa shape index (κ3) is 6.83. The summed E-state index contributed by atoms with van der Waals surface area (Å²) >= 11 is 0. The maximum absolute atomic E-state index is 14.3. The van der Waals surface area contributed by atoms with Crippen LogP contribution in [-0.4, -0.2) is 96.2 Å². The normalized spacial score (nSPS) is 26.1. The van der Waals surface area contributed by atoms with Crippen molar-refractivity contribution in [1.29, 1.82) is 0 Å². The minimum absolute atomic E-state index is 0.0375. The fraction of sp³-hybridized carbons (Fsp3) is 0.472. The van der Waals surface area contributed by atoms with Gasteiger partial charge < -0.3 is 24.6 Å². The number of hydrogen-bond donors (Lipinski definition) is 2. The smallest absolute Gasteiger partial charge is 0.320 e. The summed E-state index contributed by atoms with van der Waals surface area (Å²) < 4.78 is 54.0. The Hall–Kier alpha value is -4.79. The molecule has 0 bridgehead atoms. The molecular formula is C36H41FN6O7S. The van der Waals surface area contributed by atoms with Gasteiger partial charge in [0.15, 0.2) is 5.82 Å². The van der Waals surface area contributed by atoms with Crippen LogP contribution in [0.15, 0.2) is 48.6 Å². The summed E-state index contributed by atoms with van der Waals surface area (Å²) in [5, 5.41) is 2.82. The van der Waals surface area contributed by atoms with E-state index in [-0.39, 0.29) is 37.1 Å². The zero-order chi connectivity index (χ0) is 36.1. The number of benzene rings is 2. The summed E-state index contributed by atoms with van der Waals surface area (Å²) in [6, 6.07) is 8.04. The van der Waals surface area contributed by atoms with Crippen molar-refractivity contribution >= 4 is 38.8 Å². The average molecular weight is 721 g/mol. The molecule has 2 aliphatic carbocycles. The lowest BCUT2D eigenvalue weighted by Gasteiger charge is -2.30. The quantitative estimate of drug-likeness (QED) is 0.346. The zero-order valence-corrected chi connectivity index (χ0v) is 29.5. The van der Waals surface area contributed by atoms with E-state index < -0.39 is 56.5 Å². The number of fused-ring (bicyclic) bond motifs is 3. The van der Waals surface area contributed by atoms with Crippen LogP contribution in [0, 0.1) is 18.7 Å². The van der Waals surface area contributed by atoms with Crippen molar-refractivity contribution in [3.63, 3.8) is 0 Å². The monoisotopic (exact) mass is 720 g/mol. The van der Waals surface area contributed by atoms with Gasteiger partial charge >= 0.3 is 6.03 Å². The molecule has 2 saturated carbocycles. The standard InChI is InChI=1S/C36H41FN6O7S/c1-21-29(49-3)15-14-27-30(21)38-31(22-9-8-11-24(37)17-22)39-33(27)50-25-18-28-32(44)40-36(34(45)41-51(47,48)26-12-13-26)19-23(36)10-6-4-5-7-16-42(2)35(46)43(28)20-25/h6,8-11,14-15,17,23,25-26,28H,4-5,7,12-13,16,18-20H2,1-3H3,(H,40,44)(H,41,45)/b10-6-. The van der Waals surface area contributed by atoms with Gasteiger partial charge in [-0.05, 0) is 69.7 Å². The Labute approximate surface area is 295 Å². The van der Waals surface area contributed by atoms with Crippen molar-refractivity contribution in [2.75, 3.05) is 27.2 Å². The Morgan fingerprint density at radius 1 is 1.14 bits per heavy atom. The van der Waals surface area contributed by atoms with Crippen LogP contribution < -0.4 is 19.5 Å². The Morgan fingerprint density at radius 2 is 1.94 bits per heavy atom. The molecule has 0 radical (unpaired) electrons. The van der Waals surface area contributed by atoms with Crippen molar-refractivity contribution < 1.29 is 36.7 Å². The Bertz CT molecular complexity index is 2040. The first-order valence-electron chi connectivity index (χ1n) is 17.2. The highest BCUT2D eigenvalue weighted by molar-refractivity contribution is 7.91. The highest BCUT2D eigenvalue weighted by Crippen LogP contribution is 2.46. The number of aryl methyl sites for hydroxylation is 1. The van der Waals surface area contributed by atoms with Crippen LogP contribution in [0.1, 0.15) is 50.5 Å². The number of rotatable bonds is 7. The van der Waals surface area contributed by atoms with E-state index in [1.165, 1.54) is 17.0 Å². The molecule has 1 aromatic heterocycles. The van der Waals surface area contributed by atoms with Gasteiger partial charge in [0.1, 0.15) is 29.3 Å². The number of amides is 4. The Morgan fingerprint density at radius 3 is 2.69 bits per heavy atom. The number of urea groups is 1. The van der Waals surface area contributed by atoms with Crippen LogP contribution in [0.4, 0.5) is 9.18 Å². The Kier molecular flexibility index (Phi) is 9.10. The van der Waals surface area contributed by atoms with Gasteiger partial charge in [-0.3, -0.25) is 14.3 Å². The summed E-state index contributed by atoms with van der Waals surface area (Å²) in [6.45, 7) is 2.36. The van der Waals surface area contributed by atoms with Gasteiger partial charge in [-0.25, -0.2) is 22.6 Å². The van der Waals surface area contributed by atoms with E-state index in [1.807, 2.05) is 19.1 Å². The summed E-state index contributed by atoms with van der Waals surface area (Å²) in [5.74, 6) is -1.19. The second kappa shape index (κ2) is 13.4. The van der Waals surface area contributed by atoms with Crippen LogP contribution >= 0.6 is 0 Å². The van der Waals surface area contributed by atoms with Crippen molar-refractivity contribution in [3.05, 3.63) is 59.9 Å². The third-order valence-electron chi connectivity index (χ3n) is 10.2. The van der Waals surface area contributed by atoms with Crippen LogP contribution in [0.25, 0.3) is 22.3 Å². The van der Waals surface area contributed by atoms with Crippen molar-refractivity contribution in [2.24, 2.45) is 5.92 Å². The molecule has 51 heavy (non-hydrogen) atoms. The summed E-state index contributed by atoms with van der Waals surface area (Å²) in [4.78, 5) is 54.1. The topological polar surface area (TPSA) is 160 Å². The summed E-state index contributed by atoms with van der Waals surface area (Å²) in [6.07, 6.45) is 6.63. The molecule has 15 heteroatoms. The van der Waals surface area contributed by atoms with Crippen LogP contribution in [0.5, 0.6) is 11.6 Å². The average Bonchev–Trinajstić information content (AvgIpc) is 4.03. The number of carbonyl (C=O) groups is 3. The molecule has 270 valence electrons. The molecule has 4 atom stereocenters. The molecule has 7 rings (SSSR count). The molecule has 3 fully saturated rings. The van der Waals surface area contributed by atoms with Gasteiger partial charge in [0.25, 0.3) is 5.91 Å². The summed E-state index contributed by atoms with van der Waals surface area (Å²) in [5.41, 5.74) is 0.230. The first-order valence-corrected chi connectivity index (χ1v) is 18.8. The lowest BCUT2D eigenvalue weighted by atomic mass is 10.1. The van der Waals surface area contributed by atoms with Crippen LogP contribution in [0.2, 0.25) is 0 Å². The molecule has 4 amide bonds. The molecule has 13 nitrogen and oxygen atoms in total. The number of nitrogens with one attached hydrogen (secondary N) is 2. The molecule has 3 aromatic rings. The predicted molar refractivity (Wildman–Crippen MR) is 186 cm³/mol. The van der Waals surface area contributed by atoms with Gasteiger partial charge in [0.05, 0.1) is 29.8 Å². The molecular weight excluding hydrogens is 679 g/mol. The lowest BCUT2D eigenvalue weighted by molar-refractivity contribution is -0.131. The van der Waals surface area contributed by atoms with E-state index in [0.717, 1.165) is 18.4 Å². The van der Waals surface area contributed by atoms with Crippen molar-refractivity contribution in [3.8, 4) is 23.0 Å². The maximum atomic E-state index is 14.3. The van der Waals surface area contributed by atoms with Gasteiger partial charge in [-0.15, -0.1) is 0 Å². The minimum atomic E-state index is -3.86. The fourth-order valence-corrected chi connectivity index (χ4v) is 8.37. The van der Waals surface area contributed by atoms with E-state index in [9.17, 15) is 27.2 Å². The van der Waals surface area contributed by atoms with E-state index >= 15 is 0 Å². The fourth-order valence-electron chi connectivity index (χ4n) is 7.01. The molecule has 3 heterocycles. The summed E-state index contributed by atoms with van der Waals surface area (Å²) in [7, 11) is -0.627. The number of ether oxygens (including phenoxy) is 2. The van der Waals surface area contributed by atoms with E-state index in [1.54, 1.807) is 43.3 Å². The second-order valence-electron chi connectivity index (χ2n) is 13.9. The van der Waals surface area contributed by atoms with Gasteiger partial charge in [-0.2, -0.15) is 4.98 Å². The Balaban J connectivity index is 1.21. The molecule has 4 unspecified atom stereocenters. The van der Waals surface area contributed by atoms with Crippen LogP contribution in [-0.2, 0) is 19.6 Å². The number of nitrogens with zero attached hydrogens (tertiary/aromatic N) is 4. The largest absolute Gasteiger partial charge is 0.496 e. The number of hydrogen-bond acceptors (Lipinski definition) is 9. The van der Waals surface area contributed by atoms with Crippen molar-refractivity contribution in [1.82, 2.24) is 29.8 Å². The van der Waals surface area contributed by atoms with E-state index in [2.05, 4.69) is 15.0 Å². The third-order valence-corrected chi connectivity index (χ3v) is 12.0.